The summed E-state index contributed by atoms with van der Waals surface area (Å²) in [4.78, 5) is 10.9. The molecule has 20 heavy (non-hydrogen) atoms. The minimum absolute atomic E-state index is 0.0347. The van der Waals surface area contributed by atoms with Crippen LogP contribution in [0.25, 0.3) is 0 Å². The molecule has 0 radical (unpaired) electrons. The molecule has 0 spiro atoms. The maximum Gasteiger partial charge on any atom is 0.309 e. The van der Waals surface area contributed by atoms with E-state index in [4.69, 9.17) is 21.4 Å². The van der Waals surface area contributed by atoms with Crippen molar-refractivity contribution in [2.45, 2.75) is 33.1 Å². The highest BCUT2D eigenvalue weighted by Gasteiger charge is 2.25. The van der Waals surface area contributed by atoms with Gasteiger partial charge in [0.1, 0.15) is 11.6 Å². The third-order valence-electron chi connectivity index (χ3n) is 3.01. The number of ether oxygens (including phenoxy) is 1. The first-order valence-corrected chi connectivity index (χ1v) is 7.42. The van der Waals surface area contributed by atoms with Crippen LogP contribution in [0, 0.1) is 11.2 Å². The highest BCUT2D eigenvalue weighted by atomic mass is 79.9. The van der Waals surface area contributed by atoms with Gasteiger partial charge in [-0.3, -0.25) is 4.79 Å². The molecule has 112 valence electrons. The van der Waals surface area contributed by atoms with Crippen molar-refractivity contribution in [3.05, 3.63) is 27.4 Å². The third-order valence-corrected chi connectivity index (χ3v) is 3.92. The van der Waals surface area contributed by atoms with Gasteiger partial charge in [-0.05, 0) is 55.1 Å². The SMILES string of the molecule is CC(C)(CCCCOc1cc(F)c(Cl)cc1Br)C(=O)O. The summed E-state index contributed by atoms with van der Waals surface area (Å²) in [6.45, 7) is 3.79. The number of benzene rings is 1. The van der Waals surface area contributed by atoms with Crippen molar-refractivity contribution in [3.63, 3.8) is 0 Å². The van der Waals surface area contributed by atoms with Crippen molar-refractivity contribution in [2.75, 3.05) is 6.61 Å². The fourth-order valence-electron chi connectivity index (χ4n) is 1.57. The molecule has 0 aliphatic carbocycles. The molecule has 0 aromatic heterocycles. The molecule has 3 nitrogen and oxygen atoms in total. The zero-order chi connectivity index (χ0) is 15.3. The summed E-state index contributed by atoms with van der Waals surface area (Å²) in [6.07, 6.45) is 2.00. The van der Waals surface area contributed by atoms with Crippen LogP contribution in [0.2, 0.25) is 5.02 Å². The molecule has 0 fully saturated rings. The van der Waals surface area contributed by atoms with Crippen molar-refractivity contribution < 1.29 is 19.0 Å². The van der Waals surface area contributed by atoms with Crippen LogP contribution in [0.1, 0.15) is 33.1 Å². The zero-order valence-electron chi connectivity index (χ0n) is 11.4. The van der Waals surface area contributed by atoms with Crippen LogP contribution in [0.3, 0.4) is 0 Å². The van der Waals surface area contributed by atoms with Crippen LogP contribution in [0.4, 0.5) is 4.39 Å². The summed E-state index contributed by atoms with van der Waals surface area (Å²) in [6, 6.07) is 2.67. The number of carboxylic acid groups (broad SMARTS) is 1. The first-order valence-electron chi connectivity index (χ1n) is 6.25. The average Bonchev–Trinajstić information content (AvgIpc) is 2.34. The first-order chi connectivity index (χ1) is 9.24. The highest BCUT2D eigenvalue weighted by Crippen LogP contribution is 2.31. The molecule has 0 atom stereocenters. The van der Waals surface area contributed by atoms with Gasteiger partial charge in [0.25, 0.3) is 0 Å². The van der Waals surface area contributed by atoms with E-state index in [1.54, 1.807) is 13.8 Å². The van der Waals surface area contributed by atoms with Crippen LogP contribution in [-0.4, -0.2) is 17.7 Å². The normalized spacial score (nSPS) is 11.4. The van der Waals surface area contributed by atoms with Crippen molar-refractivity contribution in [1.82, 2.24) is 0 Å². The van der Waals surface area contributed by atoms with E-state index in [1.165, 1.54) is 12.1 Å². The predicted octanol–water partition coefficient (Wildman–Crippen LogP) is 4.90. The van der Waals surface area contributed by atoms with Gasteiger partial charge in [0, 0.05) is 6.07 Å². The Labute approximate surface area is 131 Å². The molecule has 1 rings (SSSR count). The summed E-state index contributed by atoms with van der Waals surface area (Å²) < 4.78 is 19.3. The third kappa shape index (κ3) is 4.94. The Balaban J connectivity index is 2.39. The van der Waals surface area contributed by atoms with E-state index in [0.29, 0.717) is 29.7 Å². The van der Waals surface area contributed by atoms with E-state index in [2.05, 4.69) is 15.9 Å². The van der Waals surface area contributed by atoms with Crippen molar-refractivity contribution in [2.24, 2.45) is 5.41 Å². The summed E-state index contributed by atoms with van der Waals surface area (Å²) in [5.74, 6) is -0.942. The van der Waals surface area contributed by atoms with Gasteiger partial charge in [-0.2, -0.15) is 0 Å². The second-order valence-electron chi connectivity index (χ2n) is 5.19. The van der Waals surface area contributed by atoms with Gasteiger partial charge in [-0.25, -0.2) is 4.39 Å². The topological polar surface area (TPSA) is 46.5 Å². The molecular formula is C14H17BrClFO3. The lowest BCUT2D eigenvalue weighted by Crippen LogP contribution is -2.23. The molecular weight excluding hydrogens is 351 g/mol. The lowest BCUT2D eigenvalue weighted by atomic mass is 9.87. The molecule has 0 saturated carbocycles. The monoisotopic (exact) mass is 366 g/mol. The van der Waals surface area contributed by atoms with E-state index in [9.17, 15) is 9.18 Å². The van der Waals surface area contributed by atoms with Gasteiger partial charge in [-0.1, -0.05) is 11.6 Å². The molecule has 0 amide bonds. The van der Waals surface area contributed by atoms with Gasteiger partial charge in [0.2, 0.25) is 0 Å². The van der Waals surface area contributed by atoms with Gasteiger partial charge in [0.15, 0.2) is 0 Å². The Morgan fingerprint density at radius 1 is 1.45 bits per heavy atom. The summed E-state index contributed by atoms with van der Waals surface area (Å²) in [5.41, 5.74) is -0.729. The molecule has 0 heterocycles. The van der Waals surface area contributed by atoms with E-state index >= 15 is 0 Å². The maximum atomic E-state index is 13.3. The first kappa shape index (κ1) is 17.2. The van der Waals surface area contributed by atoms with E-state index in [0.717, 1.165) is 6.42 Å². The molecule has 0 saturated heterocycles. The molecule has 1 aromatic carbocycles. The lowest BCUT2D eigenvalue weighted by molar-refractivity contribution is -0.147. The summed E-state index contributed by atoms with van der Waals surface area (Å²) in [5, 5.41) is 9.01. The highest BCUT2D eigenvalue weighted by molar-refractivity contribution is 9.10. The number of carboxylic acids is 1. The Morgan fingerprint density at radius 2 is 2.10 bits per heavy atom. The number of unbranched alkanes of at least 4 members (excludes halogenated alkanes) is 1. The quantitative estimate of drug-likeness (QED) is 0.550. The molecule has 1 aromatic rings. The summed E-state index contributed by atoms with van der Waals surface area (Å²) >= 11 is 8.88. The molecule has 0 aliphatic heterocycles. The van der Waals surface area contributed by atoms with Crippen molar-refractivity contribution in [1.29, 1.82) is 0 Å². The van der Waals surface area contributed by atoms with Crippen LogP contribution >= 0.6 is 27.5 Å². The van der Waals surface area contributed by atoms with Crippen LogP contribution < -0.4 is 4.74 Å². The number of carbonyl (C=O) groups is 1. The Bertz CT molecular complexity index is 492. The molecule has 0 unspecified atom stereocenters. The molecule has 0 bridgehead atoms. The maximum absolute atomic E-state index is 13.3. The van der Waals surface area contributed by atoms with E-state index in [-0.39, 0.29) is 5.02 Å². The lowest BCUT2D eigenvalue weighted by Gasteiger charge is -2.18. The molecule has 6 heteroatoms. The summed E-state index contributed by atoms with van der Waals surface area (Å²) in [7, 11) is 0. The van der Waals surface area contributed by atoms with E-state index < -0.39 is 17.2 Å². The number of rotatable bonds is 7. The molecule has 1 N–H and O–H groups in total. The van der Waals surface area contributed by atoms with Gasteiger partial charge < -0.3 is 9.84 Å². The zero-order valence-corrected chi connectivity index (χ0v) is 13.7. The van der Waals surface area contributed by atoms with Crippen LogP contribution in [0.5, 0.6) is 5.75 Å². The second-order valence-corrected chi connectivity index (χ2v) is 6.45. The minimum atomic E-state index is -0.805. The predicted molar refractivity (Wildman–Crippen MR) is 79.9 cm³/mol. The number of halogens is 3. The van der Waals surface area contributed by atoms with E-state index in [1.807, 2.05) is 0 Å². The van der Waals surface area contributed by atoms with Crippen molar-refractivity contribution >= 4 is 33.5 Å². The standard InChI is InChI=1S/C14H17BrClFO3/c1-14(2,13(18)19)5-3-4-6-20-12-8-11(17)10(16)7-9(12)15/h7-8H,3-6H2,1-2H3,(H,18,19). The number of hydrogen-bond acceptors (Lipinski definition) is 2. The minimum Gasteiger partial charge on any atom is -0.492 e. The fraction of sp³-hybridized carbons (Fsp3) is 0.500. The van der Waals surface area contributed by atoms with Gasteiger partial charge >= 0.3 is 5.97 Å². The Morgan fingerprint density at radius 3 is 2.70 bits per heavy atom. The van der Waals surface area contributed by atoms with Gasteiger partial charge in [-0.15, -0.1) is 0 Å². The number of aliphatic carboxylic acids is 1. The Hall–Kier alpha value is -0.810. The average molecular weight is 368 g/mol. The smallest absolute Gasteiger partial charge is 0.309 e. The Kier molecular flexibility index (Phi) is 6.27. The molecule has 0 aliphatic rings. The van der Waals surface area contributed by atoms with Crippen LogP contribution in [0.15, 0.2) is 16.6 Å². The number of hydrogen-bond donors (Lipinski definition) is 1. The largest absolute Gasteiger partial charge is 0.492 e. The fourth-order valence-corrected chi connectivity index (χ4v) is 2.33. The van der Waals surface area contributed by atoms with Crippen LogP contribution in [-0.2, 0) is 4.79 Å². The second kappa shape index (κ2) is 7.27. The van der Waals surface area contributed by atoms with Gasteiger partial charge in [0.05, 0.1) is 21.5 Å². The van der Waals surface area contributed by atoms with Crippen molar-refractivity contribution in [3.8, 4) is 5.75 Å².